The van der Waals surface area contributed by atoms with Crippen molar-refractivity contribution in [3.8, 4) is 0 Å². The Hall–Kier alpha value is 36.5. The molecule has 0 aliphatic rings. The summed E-state index contributed by atoms with van der Waals surface area (Å²) in [6.45, 7) is 0. The molecule has 0 saturated heterocycles. The summed E-state index contributed by atoms with van der Waals surface area (Å²) < 4.78 is 24.0. The number of rotatable bonds is 49. The molecule has 602 valence electrons. The number of alkyl halides is 50. The SMILES string of the molecule is ICC(I)C(I)(CI)C(I)(CI)C(I)(CI)C(I)(CI)C(I)(CI)C(I)(CI)C(I)(CI)C(I)(CI)C(I)(CI)C(I)(CI)C(I)(CI)C(I)(CI)C(I)(CI)C(I)(CI)C(I)(CI)C(I)(CI)C(I)(CI)C(I)(CI)C(I)(CI)C(I)(CI)C(I)(CI)C(I)(CI)C(I)(CI)C(I)CI. The minimum Gasteiger partial charge on any atom is -0.0852 e. The fourth-order valence-corrected chi connectivity index (χ4v) is 121. The molecular formula is C50H52I50. The lowest BCUT2D eigenvalue weighted by Crippen LogP contribution is -2.87. The van der Waals surface area contributed by atoms with Gasteiger partial charge in [0.15, 0.2) is 0 Å². The highest BCUT2D eigenvalue weighted by atomic mass is 127. The Morgan fingerprint density at radius 1 is 0.120 bits per heavy atom. The van der Waals surface area contributed by atoms with Crippen LogP contribution >= 0.6 is 1130 Å². The zero-order chi connectivity index (χ0) is 80.3. The maximum Gasteiger partial charge on any atom is 0.0644 e. The second-order valence-corrected chi connectivity index (χ2v) is 87.7. The summed E-state index contributed by atoms with van der Waals surface area (Å²) >= 11 is 151. The molecule has 0 fully saturated rings. The predicted octanol–water partition coefficient (Wildman–Crippen LogP) is 40.5. The Kier molecular flexibility index (Phi) is 79.2. The Morgan fingerprint density at radius 2 is 0.190 bits per heavy atom. The van der Waals surface area contributed by atoms with E-state index in [0.29, 0.717) is 7.85 Å². The summed E-state index contributed by atoms with van der Waals surface area (Å²) in [7, 11) is 0. The molecular weight excluding hydrogens is 6950 g/mol. The highest BCUT2D eigenvalue weighted by Gasteiger charge is 2.86. The van der Waals surface area contributed by atoms with Crippen molar-refractivity contribution < 1.29 is 0 Å². The van der Waals surface area contributed by atoms with E-state index in [4.69, 9.17) is 0 Å². The lowest BCUT2D eigenvalue weighted by atomic mass is 9.60. The molecule has 0 nitrogen and oxygen atoms in total. The zero-order valence-corrected chi connectivity index (χ0v) is 157. The van der Waals surface area contributed by atoms with Gasteiger partial charge in [-0.2, -0.15) is 0 Å². The van der Waals surface area contributed by atoms with E-state index in [9.17, 15) is 0 Å². The number of halogens is 50. The van der Waals surface area contributed by atoms with Crippen molar-refractivity contribution in [3.05, 3.63) is 0 Å². The van der Waals surface area contributed by atoms with E-state index in [1.165, 1.54) is 0 Å². The van der Waals surface area contributed by atoms with Crippen molar-refractivity contribution in [3.63, 3.8) is 0 Å². The third kappa shape index (κ3) is 23.5. The molecule has 0 aromatic heterocycles. The average Bonchev–Trinajstić information content (AvgIpc) is 0.666. The van der Waals surface area contributed by atoms with Crippen LogP contribution in [0, 0.1) is 0 Å². The van der Waals surface area contributed by atoms with Crippen LogP contribution < -0.4 is 0 Å². The van der Waals surface area contributed by atoms with Crippen molar-refractivity contribution in [1.82, 2.24) is 0 Å². The van der Waals surface area contributed by atoms with E-state index < -0.39 is 0 Å². The van der Waals surface area contributed by atoms with Gasteiger partial charge in [0, 0.05) is 119 Å². The van der Waals surface area contributed by atoms with Gasteiger partial charge in [-0.25, -0.2) is 0 Å². The van der Waals surface area contributed by atoms with E-state index in [1.807, 2.05) is 0 Å². The highest BCUT2D eigenvalue weighted by molar-refractivity contribution is 14.2. The average molecular weight is 7000 g/mol. The van der Waals surface area contributed by atoms with Crippen LogP contribution in [-0.4, -0.2) is 197 Å². The normalized spacial score (nSPS) is 27.7. The predicted molar refractivity (Wildman–Crippen MR) is 893 cm³/mol. The zero-order valence-electron chi connectivity index (χ0n) is 49.2. The van der Waals surface area contributed by atoms with Crippen molar-refractivity contribution in [1.29, 1.82) is 0 Å². The van der Waals surface area contributed by atoms with E-state index >= 15 is 0 Å². The van der Waals surface area contributed by atoms with Crippen LogP contribution in [0.1, 0.15) is 0 Å². The molecule has 0 rings (SSSR count). The van der Waals surface area contributed by atoms with Crippen LogP contribution in [0.2, 0.25) is 0 Å². The standard InChI is InChI=1S/C50H52I50/c51-1-26(76)28(78,3-53)30(80,5-55)32(82,7-57)34(84,9-59)36(86,11-61)38(88,13-63)40(90,15-65)42(92,17-67)44(94,19-69)46(96,21-71)48(98,23-73)50(100,25-75)49(99,24-74)47(97,22-72)45(95,20-70)43(93,18-68)41(91,16-66)39(89,14-64)37(87,12-62)35(85,10-60)33(83,8-58)31(81,6-56)29(79,4-54)27(77)2-52/h26-27H,1-25H2. The summed E-state index contributed by atoms with van der Waals surface area (Å²) in [4.78, 5) is 0. The molecule has 24 atom stereocenters. The van der Waals surface area contributed by atoms with E-state index in [2.05, 4.69) is 1130 Å². The third-order valence-corrected chi connectivity index (χ3v) is 164. The minimum absolute atomic E-state index is 0.0291. The van der Waals surface area contributed by atoms with Gasteiger partial charge in [0.25, 0.3) is 0 Å². The number of hydrogen-bond donors (Lipinski definition) is 0. The molecule has 0 N–H and O–H groups in total. The van der Waals surface area contributed by atoms with Gasteiger partial charge in [0.2, 0.25) is 0 Å². The fraction of sp³-hybridized carbons (Fsp3) is 1.00. The Labute approximate surface area is 1280 Å². The lowest BCUT2D eigenvalue weighted by Gasteiger charge is -2.72. The van der Waals surface area contributed by atoms with Gasteiger partial charge >= 0.3 is 0 Å². The molecule has 50 heteroatoms. The first-order valence-electron chi connectivity index (χ1n) is 26.5. The van der Waals surface area contributed by atoms with Crippen LogP contribution in [-0.2, 0) is 0 Å². The molecule has 0 saturated carbocycles. The molecule has 0 spiro atoms. The summed E-state index contributed by atoms with van der Waals surface area (Å²) in [6, 6.07) is 0. The lowest BCUT2D eigenvalue weighted by molar-refractivity contribution is 0.261. The van der Waals surface area contributed by atoms with Crippen LogP contribution in [0.3, 0.4) is 0 Å². The van der Waals surface area contributed by atoms with Gasteiger partial charge in [-0.3, -0.25) is 0 Å². The monoisotopic (exact) mass is 7000 g/mol. The molecule has 0 bridgehead atoms. The Bertz CT molecular complexity index is 2440. The smallest absolute Gasteiger partial charge is 0.0644 e. The van der Waals surface area contributed by atoms with Crippen LogP contribution in [0.5, 0.6) is 0 Å². The third-order valence-electron chi connectivity index (χ3n) is 19.4. The summed E-state index contributed by atoms with van der Waals surface area (Å²) in [5, 5.41) is 0. The summed E-state index contributed by atoms with van der Waals surface area (Å²) in [6.07, 6.45) is 0. The largest absolute Gasteiger partial charge is 0.0852 e. The first-order valence-corrected chi connectivity index (χ1v) is 91.9. The molecule has 100 heavy (non-hydrogen) atoms. The Morgan fingerprint density at radius 3 is 0.240 bits per heavy atom. The van der Waals surface area contributed by atoms with Gasteiger partial charge in [0.05, 0.1) is 78.7 Å². The molecule has 0 aromatic carbocycles. The van der Waals surface area contributed by atoms with Gasteiger partial charge in [-0.05, 0) is 0 Å². The van der Waals surface area contributed by atoms with Gasteiger partial charge < -0.3 is 0 Å². The first kappa shape index (κ1) is 136. The molecule has 0 aliphatic carbocycles. The topological polar surface area (TPSA) is 0 Å². The van der Waals surface area contributed by atoms with Crippen molar-refractivity contribution >= 4 is 1130 Å². The van der Waals surface area contributed by atoms with E-state index in [-0.39, 0.29) is 78.7 Å². The Balaban J connectivity index is 10.3. The van der Waals surface area contributed by atoms with Gasteiger partial charge in [0.1, 0.15) is 0 Å². The number of hydrogen-bond acceptors (Lipinski definition) is 0. The quantitative estimate of drug-likeness (QED) is 0.0421. The maximum atomic E-state index is 3.24. The van der Waals surface area contributed by atoms with E-state index in [1.54, 1.807) is 0 Å². The molecule has 0 aliphatic heterocycles. The van der Waals surface area contributed by atoms with Crippen molar-refractivity contribution in [2.45, 2.75) is 86.5 Å². The molecule has 0 amide bonds. The molecule has 24 unspecified atom stereocenters. The van der Waals surface area contributed by atoms with Crippen molar-refractivity contribution in [2.75, 3.05) is 111 Å². The van der Waals surface area contributed by atoms with E-state index in [0.717, 1.165) is 111 Å². The first-order chi connectivity index (χ1) is 45.4. The summed E-state index contributed by atoms with van der Waals surface area (Å²) in [5.74, 6) is 0. The van der Waals surface area contributed by atoms with Crippen LogP contribution in [0.15, 0.2) is 0 Å². The van der Waals surface area contributed by atoms with Crippen LogP contribution in [0.4, 0.5) is 0 Å². The van der Waals surface area contributed by atoms with Crippen LogP contribution in [0.25, 0.3) is 0 Å². The molecule has 0 heterocycles. The summed E-state index contributed by atoms with van der Waals surface area (Å²) in [5.41, 5.74) is 0. The fourth-order valence-electron chi connectivity index (χ4n) is 12.2. The van der Waals surface area contributed by atoms with Gasteiger partial charge in [-0.15, -0.1) is 0 Å². The molecule has 0 aromatic rings. The second-order valence-electron chi connectivity index (χ2n) is 22.9. The highest BCUT2D eigenvalue weighted by Crippen LogP contribution is 2.80. The molecule has 0 radical (unpaired) electrons. The van der Waals surface area contributed by atoms with Gasteiger partial charge in [-0.1, -0.05) is 1130 Å². The second kappa shape index (κ2) is 58.0. The van der Waals surface area contributed by atoms with Crippen molar-refractivity contribution in [2.24, 2.45) is 0 Å². The maximum absolute atomic E-state index is 3.24. The minimum atomic E-state index is -0.240.